The number of esters is 1. The minimum atomic E-state index is -3.68. The van der Waals surface area contributed by atoms with Crippen LogP contribution in [0.5, 0.6) is 0 Å². The average Bonchev–Trinajstić information content (AvgIpc) is 2.24. The zero-order valence-corrected chi connectivity index (χ0v) is 10.9. The van der Waals surface area contributed by atoms with E-state index in [4.69, 9.17) is 0 Å². The monoisotopic (exact) mass is 275 g/mol. The number of hydrogen-bond acceptors (Lipinski definition) is 4. The maximum absolute atomic E-state index is 13.1. The number of ether oxygens (including phenoxy) is 1. The van der Waals surface area contributed by atoms with E-state index < -0.39 is 28.4 Å². The van der Waals surface area contributed by atoms with E-state index >= 15 is 0 Å². The molecule has 0 aliphatic carbocycles. The summed E-state index contributed by atoms with van der Waals surface area (Å²) in [4.78, 5) is 11.3. The highest BCUT2D eigenvalue weighted by molar-refractivity contribution is 7.92. The second-order valence-corrected chi connectivity index (χ2v) is 5.46. The molecule has 0 unspecified atom stereocenters. The van der Waals surface area contributed by atoms with Gasteiger partial charge >= 0.3 is 5.97 Å². The highest BCUT2D eigenvalue weighted by atomic mass is 32.2. The summed E-state index contributed by atoms with van der Waals surface area (Å²) < 4.78 is 41.7. The Morgan fingerprint density at radius 1 is 1.44 bits per heavy atom. The summed E-state index contributed by atoms with van der Waals surface area (Å²) in [6, 6.07) is 5.01. The van der Waals surface area contributed by atoms with Crippen molar-refractivity contribution in [2.75, 3.05) is 23.7 Å². The van der Waals surface area contributed by atoms with Crippen LogP contribution in [0.2, 0.25) is 0 Å². The van der Waals surface area contributed by atoms with Crippen molar-refractivity contribution in [3.05, 3.63) is 30.1 Å². The lowest BCUT2D eigenvalue weighted by Gasteiger charge is -2.21. The molecule has 1 rings (SSSR count). The highest BCUT2D eigenvalue weighted by Gasteiger charge is 2.21. The van der Waals surface area contributed by atoms with Gasteiger partial charge in [-0.05, 0) is 25.1 Å². The maximum atomic E-state index is 13.1. The summed E-state index contributed by atoms with van der Waals surface area (Å²) in [7, 11) is -3.68. The number of carbonyl (C=O) groups excluding carboxylic acids is 1. The number of rotatable bonds is 5. The van der Waals surface area contributed by atoms with E-state index in [0.29, 0.717) is 0 Å². The van der Waals surface area contributed by atoms with Crippen molar-refractivity contribution in [2.45, 2.75) is 6.92 Å². The first-order valence-electron chi connectivity index (χ1n) is 5.23. The third kappa shape index (κ3) is 3.99. The van der Waals surface area contributed by atoms with Gasteiger partial charge in [0.05, 0.1) is 18.6 Å². The Kier molecular flexibility index (Phi) is 4.66. The lowest BCUT2D eigenvalue weighted by atomic mass is 10.3. The molecule has 0 aliphatic rings. The third-order valence-electron chi connectivity index (χ3n) is 2.07. The van der Waals surface area contributed by atoms with Crippen molar-refractivity contribution < 1.29 is 22.3 Å². The summed E-state index contributed by atoms with van der Waals surface area (Å²) >= 11 is 0. The van der Waals surface area contributed by atoms with Crippen LogP contribution in [0.15, 0.2) is 24.3 Å². The lowest BCUT2D eigenvalue weighted by molar-refractivity contribution is -0.141. The second-order valence-electron chi connectivity index (χ2n) is 3.55. The van der Waals surface area contributed by atoms with Gasteiger partial charge < -0.3 is 4.74 Å². The molecule has 0 saturated heterocycles. The first-order valence-corrected chi connectivity index (χ1v) is 7.08. The highest BCUT2D eigenvalue weighted by Crippen LogP contribution is 2.18. The van der Waals surface area contributed by atoms with Crippen LogP contribution in [0.4, 0.5) is 10.1 Å². The molecule has 1 aromatic rings. The van der Waals surface area contributed by atoms with Crippen molar-refractivity contribution in [3.8, 4) is 0 Å². The molecule has 18 heavy (non-hydrogen) atoms. The average molecular weight is 275 g/mol. The molecule has 0 atom stereocenters. The fourth-order valence-electron chi connectivity index (χ4n) is 1.36. The molecular formula is C11H14FNO4S. The normalized spacial score (nSPS) is 11.1. The standard InChI is InChI=1S/C11H14FNO4S/c1-3-17-11(14)8-13(18(2,15)16)10-6-4-5-9(12)7-10/h4-7H,3,8H2,1-2H3. The Morgan fingerprint density at radius 3 is 2.61 bits per heavy atom. The first-order chi connectivity index (χ1) is 8.34. The van der Waals surface area contributed by atoms with Crippen LogP contribution in [-0.4, -0.2) is 33.8 Å². The van der Waals surface area contributed by atoms with Crippen molar-refractivity contribution in [1.82, 2.24) is 0 Å². The molecule has 0 bridgehead atoms. The van der Waals surface area contributed by atoms with Gasteiger partial charge in [0.2, 0.25) is 10.0 Å². The zero-order chi connectivity index (χ0) is 13.8. The molecule has 0 amide bonds. The Balaban J connectivity index is 3.04. The van der Waals surface area contributed by atoms with E-state index in [1.807, 2.05) is 0 Å². The summed E-state index contributed by atoms with van der Waals surface area (Å²) in [6.45, 7) is 1.29. The summed E-state index contributed by atoms with van der Waals surface area (Å²) in [5.41, 5.74) is 0.0885. The van der Waals surface area contributed by atoms with Gasteiger partial charge in [-0.25, -0.2) is 12.8 Å². The van der Waals surface area contributed by atoms with E-state index in [0.717, 1.165) is 16.6 Å². The fraction of sp³-hybridized carbons (Fsp3) is 0.364. The molecule has 5 nitrogen and oxygen atoms in total. The Labute approximate surface area is 105 Å². The van der Waals surface area contributed by atoms with Crippen molar-refractivity contribution in [2.24, 2.45) is 0 Å². The number of anilines is 1. The van der Waals surface area contributed by atoms with Gasteiger partial charge in [0.1, 0.15) is 12.4 Å². The third-order valence-corrected chi connectivity index (χ3v) is 3.22. The fourth-order valence-corrected chi connectivity index (χ4v) is 2.19. The SMILES string of the molecule is CCOC(=O)CN(c1cccc(F)c1)S(C)(=O)=O. The lowest BCUT2D eigenvalue weighted by Crippen LogP contribution is -2.35. The van der Waals surface area contributed by atoms with Gasteiger partial charge in [-0.2, -0.15) is 0 Å². The number of halogens is 1. The van der Waals surface area contributed by atoms with Crippen LogP contribution in [-0.2, 0) is 19.6 Å². The summed E-state index contributed by atoms with van der Waals surface area (Å²) in [5, 5.41) is 0. The van der Waals surface area contributed by atoms with Crippen LogP contribution >= 0.6 is 0 Å². The number of carbonyl (C=O) groups is 1. The molecule has 7 heteroatoms. The van der Waals surface area contributed by atoms with E-state index in [-0.39, 0.29) is 12.3 Å². The number of sulfonamides is 1. The van der Waals surface area contributed by atoms with Crippen LogP contribution in [0, 0.1) is 5.82 Å². The smallest absolute Gasteiger partial charge is 0.326 e. The van der Waals surface area contributed by atoms with E-state index in [1.54, 1.807) is 6.92 Å². The largest absolute Gasteiger partial charge is 0.465 e. The molecular weight excluding hydrogens is 261 g/mol. The molecule has 0 radical (unpaired) electrons. The van der Waals surface area contributed by atoms with Gasteiger partial charge in [0.25, 0.3) is 0 Å². The second kappa shape index (κ2) is 5.81. The van der Waals surface area contributed by atoms with Gasteiger partial charge in [0.15, 0.2) is 0 Å². The van der Waals surface area contributed by atoms with Crippen molar-refractivity contribution in [3.63, 3.8) is 0 Å². The van der Waals surface area contributed by atoms with Gasteiger partial charge in [-0.3, -0.25) is 9.10 Å². The van der Waals surface area contributed by atoms with Crippen molar-refractivity contribution >= 4 is 21.7 Å². The number of nitrogens with zero attached hydrogens (tertiary/aromatic N) is 1. The maximum Gasteiger partial charge on any atom is 0.326 e. The molecule has 0 aliphatic heterocycles. The molecule has 0 fully saturated rings. The molecule has 0 saturated carbocycles. The van der Waals surface area contributed by atoms with E-state index in [1.165, 1.54) is 18.2 Å². The van der Waals surface area contributed by atoms with Crippen molar-refractivity contribution in [1.29, 1.82) is 0 Å². The molecule has 0 spiro atoms. The molecule has 0 N–H and O–H groups in total. The summed E-state index contributed by atoms with van der Waals surface area (Å²) in [6.07, 6.45) is 0.942. The predicted octanol–water partition coefficient (Wildman–Crippen LogP) is 1.15. The Bertz CT molecular complexity index is 530. The number of hydrogen-bond donors (Lipinski definition) is 0. The van der Waals surface area contributed by atoms with Crippen LogP contribution in [0.3, 0.4) is 0 Å². The topological polar surface area (TPSA) is 63.7 Å². The van der Waals surface area contributed by atoms with E-state index in [9.17, 15) is 17.6 Å². The Hall–Kier alpha value is -1.63. The predicted molar refractivity (Wildman–Crippen MR) is 65.2 cm³/mol. The summed E-state index contributed by atoms with van der Waals surface area (Å²) in [5.74, 6) is -1.27. The van der Waals surface area contributed by atoms with Gasteiger partial charge in [0, 0.05) is 0 Å². The number of benzene rings is 1. The minimum Gasteiger partial charge on any atom is -0.465 e. The molecule has 0 heterocycles. The van der Waals surface area contributed by atoms with Crippen LogP contribution in [0.1, 0.15) is 6.92 Å². The van der Waals surface area contributed by atoms with Gasteiger partial charge in [-0.15, -0.1) is 0 Å². The first kappa shape index (κ1) is 14.4. The van der Waals surface area contributed by atoms with Crippen LogP contribution in [0.25, 0.3) is 0 Å². The molecule has 0 aromatic heterocycles. The van der Waals surface area contributed by atoms with Gasteiger partial charge in [-0.1, -0.05) is 6.07 Å². The molecule has 100 valence electrons. The van der Waals surface area contributed by atoms with E-state index in [2.05, 4.69) is 4.74 Å². The van der Waals surface area contributed by atoms with Crippen LogP contribution < -0.4 is 4.31 Å². The Morgan fingerprint density at radius 2 is 2.11 bits per heavy atom. The molecule has 1 aromatic carbocycles. The quantitative estimate of drug-likeness (QED) is 0.756. The minimum absolute atomic E-state index is 0.0885. The zero-order valence-electron chi connectivity index (χ0n) is 10.1.